The Balaban J connectivity index is 2.09. The topological polar surface area (TPSA) is 84.3 Å². The lowest BCUT2D eigenvalue weighted by molar-refractivity contribution is 0.0692. The zero-order chi connectivity index (χ0) is 14.9. The van der Waals surface area contributed by atoms with E-state index >= 15 is 0 Å². The van der Waals surface area contributed by atoms with Gasteiger partial charge in [-0.1, -0.05) is 0 Å². The molecule has 0 saturated carbocycles. The van der Waals surface area contributed by atoms with Crippen molar-refractivity contribution in [1.82, 2.24) is 19.4 Å². The van der Waals surface area contributed by atoms with Gasteiger partial charge in [0.15, 0.2) is 0 Å². The summed E-state index contributed by atoms with van der Waals surface area (Å²) in [6.45, 7) is 2.88. The molecule has 1 amide bonds. The summed E-state index contributed by atoms with van der Waals surface area (Å²) in [5.41, 5.74) is 1.32. The number of nitrogens with zero attached hydrogens (tertiary/aromatic N) is 3. The van der Waals surface area contributed by atoms with Crippen LogP contribution in [0, 0.1) is 6.92 Å². The first-order valence-electron chi connectivity index (χ1n) is 6.53. The molecular formula is C12H20N4O3S. The van der Waals surface area contributed by atoms with Gasteiger partial charge in [-0.3, -0.25) is 9.48 Å². The second kappa shape index (κ2) is 5.53. The van der Waals surface area contributed by atoms with Gasteiger partial charge in [0, 0.05) is 26.2 Å². The maximum absolute atomic E-state index is 12.4. The number of hydrogen-bond donors (Lipinski definition) is 1. The number of aromatic nitrogens is 2. The molecule has 1 aliphatic rings. The zero-order valence-electron chi connectivity index (χ0n) is 12.0. The van der Waals surface area contributed by atoms with Gasteiger partial charge in [0.05, 0.1) is 11.9 Å². The fourth-order valence-corrected chi connectivity index (χ4v) is 3.33. The van der Waals surface area contributed by atoms with E-state index in [1.807, 2.05) is 6.92 Å². The fraction of sp³-hybridized carbons (Fsp3) is 0.667. The Hall–Kier alpha value is -1.41. The van der Waals surface area contributed by atoms with Crippen molar-refractivity contribution in [3.05, 3.63) is 17.5 Å². The first-order valence-corrected chi connectivity index (χ1v) is 8.42. The van der Waals surface area contributed by atoms with Crippen molar-refractivity contribution in [2.45, 2.75) is 25.8 Å². The van der Waals surface area contributed by atoms with Crippen LogP contribution in [0.25, 0.3) is 0 Å². The summed E-state index contributed by atoms with van der Waals surface area (Å²) in [6, 6.07) is 1.53. The van der Waals surface area contributed by atoms with Gasteiger partial charge >= 0.3 is 0 Å². The highest BCUT2D eigenvalue weighted by molar-refractivity contribution is 7.88. The highest BCUT2D eigenvalue weighted by atomic mass is 32.2. The number of sulfonamides is 1. The second-order valence-electron chi connectivity index (χ2n) is 5.27. The van der Waals surface area contributed by atoms with Crippen molar-refractivity contribution in [1.29, 1.82) is 0 Å². The van der Waals surface area contributed by atoms with Crippen LogP contribution in [-0.4, -0.2) is 54.4 Å². The minimum absolute atomic E-state index is 0.104. The predicted octanol–water partition coefficient (Wildman–Crippen LogP) is -0.118. The number of rotatable bonds is 3. The molecule has 1 aliphatic heterocycles. The van der Waals surface area contributed by atoms with Crippen molar-refractivity contribution >= 4 is 15.9 Å². The van der Waals surface area contributed by atoms with Crippen LogP contribution in [0.5, 0.6) is 0 Å². The Morgan fingerprint density at radius 1 is 1.50 bits per heavy atom. The molecule has 1 aromatic rings. The second-order valence-corrected chi connectivity index (χ2v) is 7.05. The summed E-state index contributed by atoms with van der Waals surface area (Å²) in [5.74, 6) is -0.104. The lowest BCUT2D eigenvalue weighted by Gasteiger charge is -2.32. The molecule has 7 nitrogen and oxygen atoms in total. The summed E-state index contributed by atoms with van der Waals surface area (Å²) in [5, 5.41) is 4.16. The van der Waals surface area contributed by atoms with Crippen LogP contribution >= 0.6 is 0 Å². The number of aryl methyl sites for hydroxylation is 2. The van der Waals surface area contributed by atoms with Crippen LogP contribution < -0.4 is 4.72 Å². The summed E-state index contributed by atoms with van der Waals surface area (Å²) in [4.78, 5) is 14.1. The van der Waals surface area contributed by atoms with Gasteiger partial charge in [-0.15, -0.1) is 0 Å². The van der Waals surface area contributed by atoms with Crippen LogP contribution in [0.4, 0.5) is 0 Å². The van der Waals surface area contributed by atoms with E-state index in [1.54, 1.807) is 22.7 Å². The molecule has 1 N–H and O–H groups in total. The Morgan fingerprint density at radius 3 is 2.75 bits per heavy atom. The normalized spacial score (nSPS) is 20.1. The summed E-state index contributed by atoms with van der Waals surface area (Å²) >= 11 is 0. The lowest BCUT2D eigenvalue weighted by Crippen LogP contribution is -2.49. The van der Waals surface area contributed by atoms with Gasteiger partial charge in [0.25, 0.3) is 5.91 Å². The third kappa shape index (κ3) is 3.57. The minimum Gasteiger partial charge on any atom is -0.336 e. The lowest BCUT2D eigenvalue weighted by atomic mass is 10.1. The van der Waals surface area contributed by atoms with Crippen LogP contribution in [0.2, 0.25) is 0 Å². The summed E-state index contributed by atoms with van der Waals surface area (Å²) < 4.78 is 26.7. The van der Waals surface area contributed by atoms with Crippen LogP contribution in [0.15, 0.2) is 6.07 Å². The Bertz CT molecular complexity index is 608. The molecule has 0 radical (unpaired) electrons. The Labute approximate surface area is 119 Å². The van der Waals surface area contributed by atoms with E-state index in [-0.39, 0.29) is 11.9 Å². The SMILES string of the molecule is Cc1cc(C(=O)N2CCC[C@H](NS(C)(=O)=O)C2)n(C)n1. The number of carbonyl (C=O) groups is 1. The maximum Gasteiger partial charge on any atom is 0.272 e. The molecule has 0 spiro atoms. The van der Waals surface area contributed by atoms with E-state index in [0.29, 0.717) is 18.8 Å². The molecule has 0 unspecified atom stereocenters. The monoisotopic (exact) mass is 300 g/mol. The molecule has 1 fully saturated rings. The van der Waals surface area contributed by atoms with Crippen molar-refractivity contribution in [3.63, 3.8) is 0 Å². The van der Waals surface area contributed by atoms with Crippen molar-refractivity contribution in [3.8, 4) is 0 Å². The van der Waals surface area contributed by atoms with Crippen molar-refractivity contribution < 1.29 is 13.2 Å². The van der Waals surface area contributed by atoms with E-state index < -0.39 is 10.0 Å². The highest BCUT2D eigenvalue weighted by Gasteiger charge is 2.27. The van der Waals surface area contributed by atoms with E-state index in [1.165, 1.54) is 0 Å². The number of likely N-dealkylation sites (tertiary alicyclic amines) is 1. The van der Waals surface area contributed by atoms with E-state index in [9.17, 15) is 13.2 Å². The number of amides is 1. The fourth-order valence-electron chi connectivity index (χ4n) is 2.53. The quantitative estimate of drug-likeness (QED) is 0.843. The van der Waals surface area contributed by atoms with Gasteiger partial charge in [-0.05, 0) is 25.8 Å². The number of hydrogen-bond acceptors (Lipinski definition) is 4. The molecule has 1 aromatic heterocycles. The molecule has 8 heteroatoms. The number of piperidine rings is 1. The Morgan fingerprint density at radius 2 is 2.20 bits per heavy atom. The molecular weight excluding hydrogens is 280 g/mol. The first kappa shape index (κ1) is 15.0. The summed E-state index contributed by atoms with van der Waals surface area (Å²) in [6.07, 6.45) is 2.68. The molecule has 0 aliphatic carbocycles. The molecule has 1 atom stereocenters. The largest absolute Gasteiger partial charge is 0.336 e. The van der Waals surface area contributed by atoms with Crippen LogP contribution in [-0.2, 0) is 17.1 Å². The molecule has 1 saturated heterocycles. The minimum atomic E-state index is -3.25. The van der Waals surface area contributed by atoms with Crippen molar-refractivity contribution in [2.24, 2.45) is 7.05 Å². The van der Waals surface area contributed by atoms with E-state index in [4.69, 9.17) is 0 Å². The average Bonchev–Trinajstić information content (AvgIpc) is 2.65. The van der Waals surface area contributed by atoms with Gasteiger partial charge in [-0.25, -0.2) is 13.1 Å². The average molecular weight is 300 g/mol. The molecule has 2 heterocycles. The number of nitrogens with one attached hydrogen (secondary N) is 1. The van der Waals surface area contributed by atoms with Crippen LogP contribution in [0.1, 0.15) is 29.0 Å². The Kier molecular flexibility index (Phi) is 4.14. The maximum atomic E-state index is 12.4. The third-order valence-electron chi connectivity index (χ3n) is 3.31. The highest BCUT2D eigenvalue weighted by Crippen LogP contribution is 2.14. The van der Waals surface area contributed by atoms with E-state index in [0.717, 1.165) is 24.8 Å². The predicted molar refractivity (Wildman–Crippen MR) is 74.9 cm³/mol. The summed E-state index contributed by atoms with van der Waals surface area (Å²) in [7, 11) is -1.51. The van der Waals surface area contributed by atoms with Crippen molar-refractivity contribution in [2.75, 3.05) is 19.3 Å². The van der Waals surface area contributed by atoms with Crippen LogP contribution in [0.3, 0.4) is 0 Å². The molecule has 0 bridgehead atoms. The smallest absolute Gasteiger partial charge is 0.272 e. The first-order chi connectivity index (χ1) is 9.26. The van der Waals surface area contributed by atoms with Gasteiger partial charge in [-0.2, -0.15) is 5.10 Å². The number of carbonyl (C=O) groups excluding carboxylic acids is 1. The molecule has 2 rings (SSSR count). The van der Waals surface area contributed by atoms with E-state index in [2.05, 4.69) is 9.82 Å². The molecule has 20 heavy (non-hydrogen) atoms. The molecule has 0 aromatic carbocycles. The van der Waals surface area contributed by atoms with Gasteiger partial charge in [0.2, 0.25) is 10.0 Å². The molecule has 112 valence electrons. The van der Waals surface area contributed by atoms with Gasteiger partial charge in [0.1, 0.15) is 5.69 Å². The third-order valence-corrected chi connectivity index (χ3v) is 4.07. The zero-order valence-corrected chi connectivity index (χ0v) is 12.8. The van der Waals surface area contributed by atoms with Gasteiger partial charge < -0.3 is 4.90 Å². The standard InChI is InChI=1S/C12H20N4O3S/c1-9-7-11(15(2)13-9)12(17)16-6-4-5-10(8-16)14-20(3,18)19/h7,10,14H,4-6,8H2,1-3H3/t10-/m0/s1.